The molecule has 7 N–H and O–H groups in total. The van der Waals surface area contributed by atoms with Gasteiger partial charge in [-0.15, -0.1) is 0 Å². The molecule has 3 aromatic rings. The van der Waals surface area contributed by atoms with Crippen LogP contribution < -0.4 is 5.01 Å². The lowest BCUT2D eigenvalue weighted by atomic mass is 10.1. The van der Waals surface area contributed by atoms with E-state index in [1.54, 1.807) is 0 Å². The molecular formula is C23H16N4O18S4. The fraction of sp³-hybridized carbons (Fsp3) is 0. The molecule has 1 aliphatic rings. The molecule has 260 valence electrons. The first-order valence-corrected chi connectivity index (χ1v) is 17.9. The molecule has 0 bridgehead atoms. The standard InChI is InChI=1S/C23H16N4O18S4/c28-20-12(18(22(30)31)24-26(20)14-8-10(46(34,35)36)4-6-16(14)48(40,41)42)2-1-3-13-19(23(32)33)25-27(21(13)29)15-9-11(47(37,38)39)5-7-17(15)49(43,44)45/h1-9,28H,(H,30,31)(H,32,33)(H,34,35,36)(H,37,38,39)(H,40,41,42)(H,43,44,45)/b2-1+,13-3+. The number of carbonyl (C=O) groups excluding carboxylic acids is 1. The Bertz CT molecular complexity index is 2530. The second-order valence-corrected chi connectivity index (χ2v) is 14.9. The SMILES string of the molecule is O=C(O)C1=NN(c2cc(S(=O)(=O)O)ccc2S(=O)(=O)O)C(=O)/C1=C/C=C/c1c(C(=O)O)nn(-c2cc(S(=O)(=O)O)ccc2S(=O)(=O)O)c1O. The van der Waals surface area contributed by atoms with Crippen LogP contribution in [-0.4, -0.2) is 101 Å². The third-order valence-electron chi connectivity index (χ3n) is 6.17. The van der Waals surface area contributed by atoms with Gasteiger partial charge in [-0.2, -0.15) is 53.6 Å². The van der Waals surface area contributed by atoms with E-state index >= 15 is 0 Å². The van der Waals surface area contributed by atoms with E-state index in [-0.39, 0.29) is 9.69 Å². The molecule has 2 aromatic carbocycles. The second kappa shape index (κ2) is 12.3. The lowest BCUT2D eigenvalue weighted by molar-refractivity contribution is -0.129. The predicted molar refractivity (Wildman–Crippen MR) is 158 cm³/mol. The van der Waals surface area contributed by atoms with Crippen molar-refractivity contribution >= 4 is 75.8 Å². The second-order valence-electron chi connectivity index (χ2n) is 9.27. The molecule has 1 aromatic heterocycles. The maximum absolute atomic E-state index is 13.2. The monoisotopic (exact) mass is 764 g/mol. The van der Waals surface area contributed by atoms with Crippen molar-refractivity contribution in [2.24, 2.45) is 5.10 Å². The molecule has 26 heteroatoms. The summed E-state index contributed by atoms with van der Waals surface area (Å²) in [6.45, 7) is 0. The van der Waals surface area contributed by atoms with Crippen LogP contribution in [0.2, 0.25) is 0 Å². The zero-order chi connectivity index (χ0) is 37.0. The maximum atomic E-state index is 13.2. The van der Waals surface area contributed by atoms with Crippen LogP contribution >= 0.6 is 0 Å². The van der Waals surface area contributed by atoms with E-state index in [2.05, 4.69) is 10.2 Å². The highest BCUT2D eigenvalue weighted by atomic mass is 32.2. The van der Waals surface area contributed by atoms with Gasteiger partial charge in [0.1, 0.15) is 9.79 Å². The minimum absolute atomic E-state index is 0.0537. The number of amides is 1. The molecule has 0 radical (unpaired) electrons. The Morgan fingerprint density at radius 1 is 0.714 bits per heavy atom. The lowest BCUT2D eigenvalue weighted by Crippen LogP contribution is -2.24. The van der Waals surface area contributed by atoms with Crippen LogP contribution in [0.5, 0.6) is 5.88 Å². The van der Waals surface area contributed by atoms with Gasteiger partial charge in [0, 0.05) is 0 Å². The van der Waals surface area contributed by atoms with Gasteiger partial charge in [-0.1, -0.05) is 6.08 Å². The van der Waals surface area contributed by atoms with E-state index in [1.165, 1.54) is 0 Å². The average Bonchev–Trinajstić information content (AvgIpc) is 3.47. The van der Waals surface area contributed by atoms with E-state index < -0.39 is 118 Å². The van der Waals surface area contributed by atoms with Crippen molar-refractivity contribution in [2.45, 2.75) is 19.6 Å². The Balaban J connectivity index is 1.88. The minimum Gasteiger partial charge on any atom is -0.493 e. The largest absolute Gasteiger partial charge is 0.493 e. The van der Waals surface area contributed by atoms with Gasteiger partial charge in [0.2, 0.25) is 5.88 Å². The number of aliphatic carboxylic acids is 1. The third kappa shape index (κ3) is 7.24. The number of aromatic hydroxyl groups is 1. The zero-order valence-corrected chi connectivity index (χ0v) is 26.5. The minimum atomic E-state index is -5.24. The summed E-state index contributed by atoms with van der Waals surface area (Å²) in [6, 6.07) is 2.82. The van der Waals surface area contributed by atoms with Crippen molar-refractivity contribution in [3.8, 4) is 11.6 Å². The molecule has 0 saturated heterocycles. The number of hydrogen-bond donors (Lipinski definition) is 7. The Morgan fingerprint density at radius 2 is 1.20 bits per heavy atom. The van der Waals surface area contributed by atoms with Crippen molar-refractivity contribution in [2.75, 3.05) is 5.01 Å². The fourth-order valence-electron chi connectivity index (χ4n) is 4.11. The molecule has 22 nitrogen and oxygen atoms in total. The molecular weight excluding hydrogens is 749 g/mol. The van der Waals surface area contributed by atoms with E-state index in [9.17, 15) is 81.6 Å². The van der Waals surface area contributed by atoms with Gasteiger partial charge in [-0.25, -0.2) is 9.59 Å². The number of allylic oxidation sites excluding steroid dienone is 2. The molecule has 0 fully saturated rings. The third-order valence-corrected chi connectivity index (χ3v) is 9.68. The predicted octanol–water partition coefficient (Wildman–Crippen LogP) is -0.310. The molecule has 0 aliphatic carbocycles. The number of hydrazone groups is 1. The van der Waals surface area contributed by atoms with Crippen LogP contribution in [0.25, 0.3) is 11.8 Å². The molecule has 2 heterocycles. The van der Waals surface area contributed by atoms with Crippen LogP contribution in [0.3, 0.4) is 0 Å². The summed E-state index contributed by atoms with van der Waals surface area (Å²) < 4.78 is 132. The Hall–Kier alpha value is -5.35. The van der Waals surface area contributed by atoms with Crippen LogP contribution in [0.4, 0.5) is 5.69 Å². The van der Waals surface area contributed by atoms with Crippen LogP contribution in [-0.2, 0) is 50.1 Å². The molecule has 4 rings (SSSR count). The quantitative estimate of drug-likeness (QED) is 0.103. The number of nitrogens with zero attached hydrogens (tertiary/aromatic N) is 4. The Labute approximate surface area is 273 Å². The Kier molecular flexibility index (Phi) is 9.14. The summed E-state index contributed by atoms with van der Waals surface area (Å²) >= 11 is 0. The normalized spacial score (nSPS) is 15.3. The molecule has 0 unspecified atom stereocenters. The van der Waals surface area contributed by atoms with Crippen LogP contribution in [0.1, 0.15) is 16.1 Å². The average molecular weight is 765 g/mol. The fourth-order valence-corrected chi connectivity index (χ4v) is 6.41. The molecule has 1 aliphatic heterocycles. The van der Waals surface area contributed by atoms with Gasteiger partial charge in [-0.3, -0.25) is 23.0 Å². The highest BCUT2D eigenvalue weighted by Crippen LogP contribution is 2.34. The van der Waals surface area contributed by atoms with Crippen molar-refractivity contribution in [3.05, 3.63) is 65.4 Å². The first-order chi connectivity index (χ1) is 22.3. The number of hydrogen-bond acceptors (Lipinski definition) is 14. The summed E-state index contributed by atoms with van der Waals surface area (Å²) in [5.74, 6) is -6.53. The highest BCUT2D eigenvalue weighted by molar-refractivity contribution is 7.87. The molecule has 0 atom stereocenters. The van der Waals surface area contributed by atoms with Gasteiger partial charge >= 0.3 is 11.9 Å². The summed E-state index contributed by atoms with van der Waals surface area (Å²) in [4.78, 5) is 32.8. The zero-order valence-electron chi connectivity index (χ0n) is 23.2. The summed E-state index contributed by atoms with van der Waals surface area (Å²) in [5, 5.41) is 37.1. The number of carbonyl (C=O) groups is 3. The van der Waals surface area contributed by atoms with Crippen LogP contribution in [0.15, 0.2) is 78.8 Å². The van der Waals surface area contributed by atoms with E-state index in [0.717, 1.165) is 6.08 Å². The number of carboxylic acid groups (broad SMARTS) is 2. The van der Waals surface area contributed by atoms with Gasteiger partial charge in [0.15, 0.2) is 11.4 Å². The summed E-state index contributed by atoms with van der Waals surface area (Å²) in [6.07, 6.45) is 2.03. The van der Waals surface area contributed by atoms with E-state index in [0.29, 0.717) is 48.6 Å². The smallest absolute Gasteiger partial charge is 0.357 e. The topological polar surface area (TPSA) is 363 Å². The van der Waals surface area contributed by atoms with Gasteiger partial charge in [-0.05, 0) is 48.6 Å². The molecule has 0 saturated carbocycles. The molecule has 49 heavy (non-hydrogen) atoms. The molecule has 1 amide bonds. The first kappa shape index (κ1) is 36.5. The van der Waals surface area contributed by atoms with E-state index in [1.807, 2.05) is 0 Å². The number of anilines is 1. The Morgan fingerprint density at radius 3 is 1.65 bits per heavy atom. The number of aromatic carboxylic acids is 1. The van der Waals surface area contributed by atoms with E-state index in [4.69, 9.17) is 0 Å². The van der Waals surface area contributed by atoms with Crippen molar-refractivity contribution in [3.63, 3.8) is 0 Å². The van der Waals surface area contributed by atoms with Crippen molar-refractivity contribution < 1.29 is 81.6 Å². The summed E-state index contributed by atoms with van der Waals surface area (Å²) in [5.41, 5.74) is -5.88. The van der Waals surface area contributed by atoms with Gasteiger partial charge in [0.25, 0.3) is 46.4 Å². The number of carboxylic acids is 2. The van der Waals surface area contributed by atoms with Gasteiger partial charge in [0.05, 0.1) is 32.3 Å². The number of aromatic nitrogens is 2. The van der Waals surface area contributed by atoms with Crippen molar-refractivity contribution in [1.29, 1.82) is 0 Å². The first-order valence-electron chi connectivity index (χ1n) is 12.1. The van der Waals surface area contributed by atoms with Crippen molar-refractivity contribution in [1.82, 2.24) is 9.78 Å². The summed E-state index contributed by atoms with van der Waals surface area (Å²) in [7, 11) is -20.5. The van der Waals surface area contributed by atoms with Crippen LogP contribution in [0, 0.1) is 0 Å². The lowest BCUT2D eigenvalue weighted by Gasteiger charge is -2.15. The molecule has 0 spiro atoms. The maximum Gasteiger partial charge on any atom is 0.357 e. The highest BCUT2D eigenvalue weighted by Gasteiger charge is 2.38. The van der Waals surface area contributed by atoms with Gasteiger partial charge < -0.3 is 15.3 Å². The number of benzene rings is 2. The number of rotatable bonds is 10.